The maximum Gasteiger partial charge on any atom is 0.252 e. The minimum atomic E-state index is -0.644. The Bertz CT molecular complexity index is 1270. The normalized spacial score (nSPS) is 20.0. The highest BCUT2D eigenvalue weighted by molar-refractivity contribution is 5.88. The highest BCUT2D eigenvalue weighted by Gasteiger charge is 2.37. The summed E-state index contributed by atoms with van der Waals surface area (Å²) in [6.45, 7) is 7.19. The lowest BCUT2D eigenvalue weighted by Gasteiger charge is -2.49. The van der Waals surface area contributed by atoms with E-state index in [2.05, 4.69) is 39.8 Å². The predicted molar refractivity (Wildman–Crippen MR) is 125 cm³/mol. The van der Waals surface area contributed by atoms with Crippen LogP contribution in [0.5, 0.6) is 0 Å². The van der Waals surface area contributed by atoms with Crippen molar-refractivity contribution in [1.29, 1.82) is 5.26 Å². The standard InChI is InChI=1S/C24H29F2N7O/c1-5-16-13-33(20-9-22(34)30(4)21-14-31(8-7-27)29-24(20)21)17(6-2)12-32(16)15(3)23-18(25)10-28-11-19(23)26/h9-11,14-17H,5-6,8,12-13H2,1-4H3/t15?,16-,17+/m1/s1. The summed E-state index contributed by atoms with van der Waals surface area (Å²) in [5.41, 5.74) is 1.94. The van der Waals surface area contributed by atoms with E-state index in [9.17, 15) is 13.6 Å². The van der Waals surface area contributed by atoms with Gasteiger partial charge in [0.25, 0.3) is 5.56 Å². The second kappa shape index (κ2) is 9.50. The van der Waals surface area contributed by atoms with Gasteiger partial charge in [0.05, 0.1) is 35.9 Å². The van der Waals surface area contributed by atoms with Crippen LogP contribution in [0.25, 0.3) is 11.0 Å². The smallest absolute Gasteiger partial charge is 0.252 e. The number of hydrogen-bond acceptors (Lipinski definition) is 6. The first-order valence-electron chi connectivity index (χ1n) is 11.6. The van der Waals surface area contributed by atoms with Crippen LogP contribution in [-0.4, -0.2) is 49.4 Å². The summed E-state index contributed by atoms with van der Waals surface area (Å²) in [7, 11) is 1.69. The number of pyridine rings is 2. The van der Waals surface area contributed by atoms with Crippen molar-refractivity contribution in [3.63, 3.8) is 0 Å². The fraction of sp³-hybridized carbons (Fsp3) is 0.500. The van der Waals surface area contributed by atoms with E-state index in [0.29, 0.717) is 24.1 Å². The summed E-state index contributed by atoms with van der Waals surface area (Å²) in [6.07, 6.45) is 5.36. The molecule has 1 aliphatic heterocycles. The summed E-state index contributed by atoms with van der Waals surface area (Å²) in [4.78, 5) is 20.7. The molecule has 1 unspecified atom stereocenters. The first kappa shape index (κ1) is 23.8. The number of nitriles is 1. The number of halogens is 2. The molecule has 1 saturated heterocycles. The predicted octanol–water partition coefficient (Wildman–Crippen LogP) is 3.37. The number of aryl methyl sites for hydroxylation is 1. The average Bonchev–Trinajstić information content (AvgIpc) is 3.24. The second-order valence-electron chi connectivity index (χ2n) is 8.81. The molecule has 8 nitrogen and oxygen atoms in total. The van der Waals surface area contributed by atoms with E-state index in [1.165, 1.54) is 4.57 Å². The third-order valence-electron chi connectivity index (χ3n) is 6.97. The van der Waals surface area contributed by atoms with Crippen molar-refractivity contribution in [2.75, 3.05) is 18.0 Å². The SMILES string of the molecule is CC[C@H]1CN(C(C)c2c(F)cncc2F)[C@H](CC)CN1c1cc(=O)n(C)c2cn(CC#N)nc12. The third-order valence-corrected chi connectivity index (χ3v) is 6.97. The molecule has 180 valence electrons. The first-order valence-corrected chi connectivity index (χ1v) is 11.6. The van der Waals surface area contributed by atoms with Crippen LogP contribution in [0.15, 0.2) is 29.5 Å². The molecule has 0 N–H and O–H groups in total. The minimum absolute atomic E-state index is 0.00469. The molecule has 0 aromatic carbocycles. The Kier molecular flexibility index (Phi) is 6.66. The van der Waals surface area contributed by atoms with Gasteiger partial charge in [0, 0.05) is 49.9 Å². The fourth-order valence-electron chi connectivity index (χ4n) is 5.05. The topological polar surface area (TPSA) is 83.0 Å². The number of aromatic nitrogens is 4. The molecule has 0 amide bonds. The number of fused-ring (bicyclic) bond motifs is 1. The van der Waals surface area contributed by atoms with Gasteiger partial charge in [-0.2, -0.15) is 10.4 Å². The van der Waals surface area contributed by atoms with E-state index in [1.54, 1.807) is 24.0 Å². The molecule has 0 bridgehead atoms. The summed E-state index contributed by atoms with van der Waals surface area (Å²) < 4.78 is 32.1. The van der Waals surface area contributed by atoms with Crippen molar-refractivity contribution < 1.29 is 8.78 Å². The van der Waals surface area contributed by atoms with Crippen LogP contribution < -0.4 is 10.5 Å². The van der Waals surface area contributed by atoms with Crippen LogP contribution in [-0.2, 0) is 13.6 Å². The Balaban J connectivity index is 1.75. The molecule has 3 atom stereocenters. The van der Waals surface area contributed by atoms with E-state index < -0.39 is 17.7 Å². The number of hydrogen-bond donors (Lipinski definition) is 0. The Labute approximate surface area is 197 Å². The van der Waals surface area contributed by atoms with E-state index >= 15 is 0 Å². The van der Waals surface area contributed by atoms with Gasteiger partial charge in [0.15, 0.2) is 0 Å². The van der Waals surface area contributed by atoms with Crippen LogP contribution in [0.3, 0.4) is 0 Å². The van der Waals surface area contributed by atoms with Crippen molar-refractivity contribution in [1.82, 2.24) is 24.2 Å². The molecule has 4 rings (SSSR count). The van der Waals surface area contributed by atoms with Gasteiger partial charge in [-0.15, -0.1) is 0 Å². The number of anilines is 1. The van der Waals surface area contributed by atoms with Crippen LogP contribution in [0.2, 0.25) is 0 Å². The Hall–Kier alpha value is -3.32. The monoisotopic (exact) mass is 469 g/mol. The van der Waals surface area contributed by atoms with Gasteiger partial charge in [0.1, 0.15) is 23.7 Å². The van der Waals surface area contributed by atoms with E-state index in [1.807, 2.05) is 6.92 Å². The molecule has 3 aromatic rings. The first-order chi connectivity index (χ1) is 16.3. The van der Waals surface area contributed by atoms with Gasteiger partial charge < -0.3 is 9.47 Å². The zero-order valence-electron chi connectivity index (χ0n) is 19.9. The summed E-state index contributed by atoms with van der Waals surface area (Å²) in [5.74, 6) is -1.29. The van der Waals surface area contributed by atoms with Gasteiger partial charge in [-0.05, 0) is 19.8 Å². The van der Waals surface area contributed by atoms with E-state index in [-0.39, 0.29) is 29.8 Å². The molecule has 0 aliphatic carbocycles. The Morgan fingerprint density at radius 3 is 2.47 bits per heavy atom. The van der Waals surface area contributed by atoms with Gasteiger partial charge in [-0.1, -0.05) is 13.8 Å². The van der Waals surface area contributed by atoms with Crippen molar-refractivity contribution in [2.24, 2.45) is 7.05 Å². The van der Waals surface area contributed by atoms with Crippen molar-refractivity contribution in [3.8, 4) is 6.07 Å². The maximum absolute atomic E-state index is 14.5. The molecular weight excluding hydrogens is 440 g/mol. The van der Waals surface area contributed by atoms with Crippen molar-refractivity contribution in [3.05, 3.63) is 52.2 Å². The molecule has 4 heterocycles. The van der Waals surface area contributed by atoms with Crippen LogP contribution in [0, 0.1) is 23.0 Å². The van der Waals surface area contributed by atoms with Gasteiger partial charge in [-0.3, -0.25) is 19.4 Å². The van der Waals surface area contributed by atoms with Crippen molar-refractivity contribution in [2.45, 2.75) is 58.3 Å². The van der Waals surface area contributed by atoms with E-state index in [4.69, 9.17) is 5.26 Å². The second-order valence-corrected chi connectivity index (χ2v) is 8.81. The highest BCUT2D eigenvalue weighted by Crippen LogP contribution is 2.35. The molecular formula is C24H29F2N7O. The van der Waals surface area contributed by atoms with Gasteiger partial charge in [0.2, 0.25) is 0 Å². The average molecular weight is 470 g/mol. The molecule has 0 spiro atoms. The lowest BCUT2D eigenvalue weighted by Crippen LogP contribution is -2.59. The molecule has 3 aromatic heterocycles. The fourth-order valence-corrected chi connectivity index (χ4v) is 5.05. The lowest BCUT2D eigenvalue weighted by molar-refractivity contribution is 0.0972. The van der Waals surface area contributed by atoms with E-state index in [0.717, 1.165) is 30.9 Å². The van der Waals surface area contributed by atoms with Crippen LogP contribution in [0.1, 0.15) is 45.2 Å². The number of piperazine rings is 1. The molecule has 10 heteroatoms. The van der Waals surface area contributed by atoms with Crippen molar-refractivity contribution >= 4 is 16.7 Å². The molecule has 1 aliphatic rings. The Morgan fingerprint density at radius 2 is 1.85 bits per heavy atom. The highest BCUT2D eigenvalue weighted by atomic mass is 19.1. The van der Waals surface area contributed by atoms with Crippen LogP contribution >= 0.6 is 0 Å². The largest absolute Gasteiger partial charge is 0.364 e. The zero-order valence-corrected chi connectivity index (χ0v) is 19.9. The molecule has 0 saturated carbocycles. The summed E-state index contributed by atoms with van der Waals surface area (Å²) in [5, 5.41) is 13.7. The number of nitrogens with zero attached hydrogens (tertiary/aromatic N) is 7. The zero-order chi connectivity index (χ0) is 24.6. The van der Waals surface area contributed by atoms with Gasteiger partial charge in [-0.25, -0.2) is 8.78 Å². The Morgan fingerprint density at radius 1 is 1.18 bits per heavy atom. The maximum atomic E-state index is 14.5. The quantitative estimate of drug-likeness (QED) is 0.551. The molecule has 0 radical (unpaired) electrons. The number of rotatable bonds is 6. The summed E-state index contributed by atoms with van der Waals surface area (Å²) in [6, 6.07) is 3.23. The van der Waals surface area contributed by atoms with Crippen LogP contribution in [0.4, 0.5) is 14.5 Å². The van der Waals surface area contributed by atoms with Gasteiger partial charge >= 0.3 is 0 Å². The molecule has 34 heavy (non-hydrogen) atoms. The minimum Gasteiger partial charge on any atom is -0.364 e. The lowest BCUT2D eigenvalue weighted by atomic mass is 9.96. The molecule has 1 fully saturated rings. The third kappa shape index (κ3) is 4.05. The summed E-state index contributed by atoms with van der Waals surface area (Å²) >= 11 is 0.